The van der Waals surface area contributed by atoms with Crippen molar-refractivity contribution >= 4 is 17.1 Å². The molecule has 2 atom stereocenters. The molecule has 0 spiro atoms. The van der Waals surface area contributed by atoms with E-state index in [0.29, 0.717) is 5.56 Å². The summed E-state index contributed by atoms with van der Waals surface area (Å²) in [5.41, 5.74) is 1.25. The van der Waals surface area contributed by atoms with E-state index in [0.717, 1.165) is 21.6 Å². The van der Waals surface area contributed by atoms with Crippen molar-refractivity contribution in [1.29, 1.82) is 0 Å². The molecular weight excluding hydrogens is 372 g/mol. The van der Waals surface area contributed by atoms with Crippen LogP contribution in [0.1, 0.15) is 18.1 Å². The molecule has 0 radical (unpaired) electrons. The Morgan fingerprint density at radius 1 is 1.00 bits per heavy atom. The van der Waals surface area contributed by atoms with Gasteiger partial charge in [0.25, 0.3) is 0 Å². The Balaban J connectivity index is 1.77. The molecule has 0 saturated heterocycles. The lowest BCUT2D eigenvalue weighted by molar-refractivity contribution is -0.166. The number of benzene rings is 3. The average molecular weight is 394 g/mol. The van der Waals surface area contributed by atoms with E-state index in [4.69, 9.17) is 4.74 Å². The second-order valence-corrected chi connectivity index (χ2v) is 8.01. The van der Waals surface area contributed by atoms with E-state index < -0.39 is 22.7 Å². The van der Waals surface area contributed by atoms with Gasteiger partial charge in [0.2, 0.25) is 0 Å². The standard InChI is InChI=1S/C23H22O4S/c1-23(25,22(24)27-16-17-8-4-3-5-9-17)19-14-12-18(13-15-19)20-10-6-7-11-21(20)28(2)26/h3-15,25H,16H2,1-2H3. The molecular formula is C23H22O4S. The molecule has 28 heavy (non-hydrogen) atoms. The van der Waals surface area contributed by atoms with Gasteiger partial charge in [0, 0.05) is 5.56 Å². The third kappa shape index (κ3) is 4.44. The van der Waals surface area contributed by atoms with Crippen molar-refractivity contribution in [2.45, 2.75) is 24.0 Å². The van der Waals surface area contributed by atoms with E-state index in [9.17, 15) is 14.5 Å². The zero-order valence-corrected chi connectivity index (χ0v) is 16.6. The number of carbonyl (C=O) groups excluding carboxylic acids is 1. The number of ether oxygens (including phenoxy) is 1. The summed E-state index contributed by atoms with van der Waals surface area (Å²) in [5, 5.41) is 10.7. The SMILES string of the molecule is C[S+]([O-])c1ccccc1-c1ccc(C(C)(O)C(=O)OCc2ccccc2)cc1. The van der Waals surface area contributed by atoms with Crippen LogP contribution in [-0.2, 0) is 32.9 Å². The lowest BCUT2D eigenvalue weighted by atomic mass is 9.94. The largest absolute Gasteiger partial charge is 0.612 e. The van der Waals surface area contributed by atoms with Crippen LogP contribution in [0.3, 0.4) is 0 Å². The minimum absolute atomic E-state index is 0.101. The van der Waals surface area contributed by atoms with Crippen LogP contribution in [-0.4, -0.2) is 21.9 Å². The molecule has 0 fully saturated rings. The molecule has 1 N–H and O–H groups in total. The molecule has 3 aromatic rings. The van der Waals surface area contributed by atoms with Gasteiger partial charge in [-0.25, -0.2) is 4.79 Å². The minimum Gasteiger partial charge on any atom is -0.612 e. The topological polar surface area (TPSA) is 69.6 Å². The third-order valence-electron chi connectivity index (χ3n) is 4.56. The van der Waals surface area contributed by atoms with Gasteiger partial charge in [-0.2, -0.15) is 0 Å². The highest BCUT2D eigenvalue weighted by Gasteiger charge is 2.34. The lowest BCUT2D eigenvalue weighted by Gasteiger charge is -2.22. The molecule has 4 nitrogen and oxygen atoms in total. The average Bonchev–Trinajstić information content (AvgIpc) is 2.72. The zero-order valence-electron chi connectivity index (χ0n) is 15.8. The molecule has 0 aliphatic heterocycles. The van der Waals surface area contributed by atoms with Crippen LogP contribution >= 0.6 is 0 Å². The van der Waals surface area contributed by atoms with Crippen molar-refractivity contribution < 1.29 is 19.2 Å². The van der Waals surface area contributed by atoms with Crippen LogP contribution in [0.5, 0.6) is 0 Å². The minimum atomic E-state index is -1.76. The van der Waals surface area contributed by atoms with Crippen molar-refractivity contribution in [3.05, 3.63) is 90.0 Å². The van der Waals surface area contributed by atoms with Gasteiger partial charge < -0.3 is 14.4 Å². The van der Waals surface area contributed by atoms with Gasteiger partial charge in [-0.05, 0) is 46.9 Å². The summed E-state index contributed by atoms with van der Waals surface area (Å²) in [5.74, 6) is -0.709. The molecule has 5 heteroatoms. The van der Waals surface area contributed by atoms with E-state index in [1.165, 1.54) is 6.92 Å². The number of rotatable bonds is 6. The molecule has 0 amide bonds. The van der Waals surface area contributed by atoms with Gasteiger partial charge >= 0.3 is 5.97 Å². The molecule has 2 unspecified atom stereocenters. The van der Waals surface area contributed by atoms with Crippen molar-refractivity contribution in [2.24, 2.45) is 0 Å². The molecule has 0 saturated carbocycles. The Morgan fingerprint density at radius 3 is 2.25 bits per heavy atom. The summed E-state index contributed by atoms with van der Waals surface area (Å²) in [6, 6.07) is 23.8. The Bertz CT molecular complexity index is 934. The van der Waals surface area contributed by atoms with Gasteiger partial charge in [0.05, 0.1) is 0 Å². The summed E-state index contributed by atoms with van der Waals surface area (Å²) >= 11 is -1.12. The maximum Gasteiger partial charge on any atom is 0.342 e. The fourth-order valence-electron chi connectivity index (χ4n) is 2.91. The first-order chi connectivity index (χ1) is 13.4. The molecule has 144 valence electrons. The first kappa shape index (κ1) is 20.1. The van der Waals surface area contributed by atoms with Crippen molar-refractivity contribution in [3.63, 3.8) is 0 Å². The Morgan fingerprint density at radius 2 is 1.61 bits per heavy atom. The van der Waals surface area contributed by atoms with Gasteiger partial charge in [-0.3, -0.25) is 0 Å². The van der Waals surface area contributed by atoms with E-state index in [2.05, 4.69) is 0 Å². The van der Waals surface area contributed by atoms with Crippen molar-refractivity contribution in [1.82, 2.24) is 0 Å². The number of hydrogen-bond donors (Lipinski definition) is 1. The highest BCUT2D eigenvalue weighted by molar-refractivity contribution is 7.90. The van der Waals surface area contributed by atoms with Gasteiger partial charge in [0.1, 0.15) is 12.9 Å². The quantitative estimate of drug-likeness (QED) is 0.506. The number of carbonyl (C=O) groups is 1. The second kappa shape index (κ2) is 8.61. The van der Waals surface area contributed by atoms with Crippen LogP contribution in [0.2, 0.25) is 0 Å². The molecule has 0 aromatic heterocycles. The summed E-state index contributed by atoms with van der Waals surface area (Å²) in [6.07, 6.45) is 1.64. The van der Waals surface area contributed by atoms with Crippen molar-refractivity contribution in [3.8, 4) is 11.1 Å². The molecule has 0 bridgehead atoms. The normalized spacial score (nSPS) is 14.1. The fourth-order valence-corrected chi connectivity index (χ4v) is 3.68. The van der Waals surface area contributed by atoms with E-state index in [-0.39, 0.29) is 6.61 Å². The molecule has 3 rings (SSSR count). The van der Waals surface area contributed by atoms with Crippen LogP contribution in [0.25, 0.3) is 11.1 Å². The summed E-state index contributed by atoms with van der Waals surface area (Å²) in [4.78, 5) is 13.2. The predicted octanol–water partition coefficient (Wildman–Crippen LogP) is 4.04. The maximum atomic E-state index is 12.4. The first-order valence-electron chi connectivity index (χ1n) is 8.86. The number of esters is 1. The summed E-state index contributed by atoms with van der Waals surface area (Å²) in [6.45, 7) is 1.52. The monoisotopic (exact) mass is 394 g/mol. The van der Waals surface area contributed by atoms with Crippen molar-refractivity contribution in [2.75, 3.05) is 6.26 Å². The maximum absolute atomic E-state index is 12.4. The smallest absolute Gasteiger partial charge is 0.342 e. The molecule has 0 aliphatic carbocycles. The van der Waals surface area contributed by atoms with Gasteiger partial charge in [0.15, 0.2) is 10.5 Å². The first-order valence-corrected chi connectivity index (χ1v) is 10.4. The zero-order chi connectivity index (χ0) is 20.1. The number of aliphatic hydroxyl groups is 1. The Kier molecular flexibility index (Phi) is 6.19. The van der Waals surface area contributed by atoms with Crippen LogP contribution in [0.4, 0.5) is 0 Å². The lowest BCUT2D eigenvalue weighted by Crippen LogP contribution is -2.34. The van der Waals surface area contributed by atoms with E-state index >= 15 is 0 Å². The van der Waals surface area contributed by atoms with Crippen LogP contribution in [0, 0.1) is 0 Å². The van der Waals surface area contributed by atoms with Crippen LogP contribution in [0.15, 0.2) is 83.8 Å². The molecule has 0 heterocycles. The molecule has 0 aliphatic rings. The Labute approximate surface area is 168 Å². The van der Waals surface area contributed by atoms with E-state index in [1.54, 1.807) is 30.5 Å². The summed E-state index contributed by atoms with van der Waals surface area (Å²) in [7, 11) is 0. The predicted molar refractivity (Wildman–Crippen MR) is 110 cm³/mol. The fraction of sp³-hybridized carbons (Fsp3) is 0.174. The molecule has 3 aromatic carbocycles. The highest BCUT2D eigenvalue weighted by Crippen LogP contribution is 2.30. The second-order valence-electron chi connectivity index (χ2n) is 6.66. The number of hydrogen-bond acceptors (Lipinski definition) is 4. The van der Waals surface area contributed by atoms with Crippen LogP contribution < -0.4 is 0 Å². The van der Waals surface area contributed by atoms with Gasteiger partial charge in [-0.15, -0.1) is 0 Å². The third-order valence-corrected chi connectivity index (χ3v) is 5.54. The Hall–Kier alpha value is -2.60. The summed E-state index contributed by atoms with van der Waals surface area (Å²) < 4.78 is 17.2. The highest BCUT2D eigenvalue weighted by atomic mass is 32.2. The van der Waals surface area contributed by atoms with E-state index in [1.807, 2.05) is 54.6 Å². The van der Waals surface area contributed by atoms with Gasteiger partial charge in [-0.1, -0.05) is 66.7 Å².